The van der Waals surface area contributed by atoms with Crippen molar-refractivity contribution in [2.45, 2.75) is 11.4 Å². The van der Waals surface area contributed by atoms with Gasteiger partial charge < -0.3 is 19.6 Å². The van der Waals surface area contributed by atoms with Gasteiger partial charge in [0.2, 0.25) is 0 Å². The van der Waals surface area contributed by atoms with Gasteiger partial charge in [0.05, 0.1) is 23.0 Å². The van der Waals surface area contributed by atoms with Crippen molar-refractivity contribution < 1.29 is 22.3 Å². The summed E-state index contributed by atoms with van der Waals surface area (Å²) in [5.41, 5.74) is 1.63. The smallest absolute Gasteiger partial charge is 0.323 e. The van der Waals surface area contributed by atoms with Gasteiger partial charge in [0.1, 0.15) is 0 Å². The maximum absolute atomic E-state index is 13.9. The van der Waals surface area contributed by atoms with Crippen molar-refractivity contribution in [1.82, 2.24) is 14.9 Å². The van der Waals surface area contributed by atoms with Gasteiger partial charge in [-0.15, -0.1) is 0 Å². The van der Waals surface area contributed by atoms with Crippen LogP contribution >= 0.6 is 0 Å². The Morgan fingerprint density at radius 3 is 2.41 bits per heavy atom. The van der Waals surface area contributed by atoms with E-state index in [0.717, 1.165) is 0 Å². The molecule has 0 saturated carbocycles. The zero-order valence-corrected chi connectivity index (χ0v) is 19.1. The summed E-state index contributed by atoms with van der Waals surface area (Å²) in [6.45, 7) is 0.178. The largest absolute Gasteiger partial charge is 0.494 e. The highest BCUT2D eigenvalue weighted by molar-refractivity contribution is 7.92. The van der Waals surface area contributed by atoms with E-state index in [-0.39, 0.29) is 28.8 Å². The van der Waals surface area contributed by atoms with Crippen LogP contribution in [-0.4, -0.2) is 43.4 Å². The van der Waals surface area contributed by atoms with Crippen LogP contribution in [0.2, 0.25) is 0 Å². The van der Waals surface area contributed by atoms with Crippen LogP contribution in [0.25, 0.3) is 11.0 Å². The molecule has 0 saturated heterocycles. The number of nitrogens with zero attached hydrogens (tertiary/aromatic N) is 1. The number of amides is 1. The first-order valence-electron chi connectivity index (χ1n) is 10.1. The van der Waals surface area contributed by atoms with E-state index in [9.17, 15) is 22.4 Å². The maximum Gasteiger partial charge on any atom is 0.323 e. The second-order valence-corrected chi connectivity index (χ2v) is 9.28. The molecular formula is C23H21FN4O5S. The fourth-order valence-corrected chi connectivity index (χ4v) is 4.53. The predicted molar refractivity (Wildman–Crippen MR) is 125 cm³/mol. The molecule has 0 bridgehead atoms. The third-order valence-corrected chi connectivity index (χ3v) is 6.54. The second kappa shape index (κ2) is 9.02. The summed E-state index contributed by atoms with van der Waals surface area (Å²) in [7, 11) is -0.962. The summed E-state index contributed by atoms with van der Waals surface area (Å²) in [6.07, 6.45) is 0. The zero-order valence-electron chi connectivity index (χ0n) is 18.3. The Balaban J connectivity index is 1.45. The molecule has 0 fully saturated rings. The quantitative estimate of drug-likeness (QED) is 0.372. The van der Waals surface area contributed by atoms with Gasteiger partial charge in [0, 0.05) is 24.8 Å². The number of aromatic amines is 2. The van der Waals surface area contributed by atoms with Gasteiger partial charge in [-0.2, -0.15) is 0 Å². The molecule has 0 unspecified atom stereocenters. The lowest BCUT2D eigenvalue weighted by atomic mass is 10.1. The van der Waals surface area contributed by atoms with Crippen molar-refractivity contribution in [2.75, 3.05) is 18.9 Å². The first-order valence-corrected chi connectivity index (χ1v) is 11.6. The molecule has 0 aliphatic carbocycles. The molecule has 4 aromatic rings. The van der Waals surface area contributed by atoms with E-state index in [1.807, 2.05) is 0 Å². The molecule has 176 valence electrons. The molecule has 1 amide bonds. The molecule has 9 nitrogen and oxygen atoms in total. The first-order chi connectivity index (χ1) is 16.2. The van der Waals surface area contributed by atoms with Crippen LogP contribution in [0.3, 0.4) is 0 Å². The molecule has 0 spiro atoms. The number of benzene rings is 3. The Hall–Kier alpha value is -4.12. The minimum absolute atomic E-state index is 0.0261. The minimum Gasteiger partial charge on any atom is -0.494 e. The van der Waals surface area contributed by atoms with Gasteiger partial charge in [-0.3, -0.25) is 9.52 Å². The van der Waals surface area contributed by atoms with E-state index < -0.39 is 21.5 Å². The van der Waals surface area contributed by atoms with Crippen LogP contribution < -0.4 is 15.1 Å². The van der Waals surface area contributed by atoms with Crippen molar-refractivity contribution in [3.05, 3.63) is 88.1 Å². The van der Waals surface area contributed by atoms with Crippen molar-refractivity contribution in [2.24, 2.45) is 0 Å². The Bertz CT molecular complexity index is 1530. The number of hydrogen-bond acceptors (Lipinski definition) is 5. The Labute approximate surface area is 194 Å². The van der Waals surface area contributed by atoms with Gasteiger partial charge in [-0.1, -0.05) is 6.07 Å². The van der Waals surface area contributed by atoms with Crippen LogP contribution in [0.15, 0.2) is 70.4 Å². The highest BCUT2D eigenvalue weighted by atomic mass is 32.2. The zero-order chi connectivity index (χ0) is 24.5. The number of hydrogen-bond donors (Lipinski definition) is 3. The van der Waals surface area contributed by atoms with Crippen LogP contribution in [0.4, 0.5) is 10.1 Å². The van der Waals surface area contributed by atoms with E-state index in [1.54, 1.807) is 13.1 Å². The van der Waals surface area contributed by atoms with Crippen LogP contribution in [0.1, 0.15) is 15.9 Å². The molecule has 4 rings (SSSR count). The number of carbonyl (C=O) groups is 1. The van der Waals surface area contributed by atoms with Crippen LogP contribution in [0, 0.1) is 5.82 Å². The number of imidazole rings is 1. The Morgan fingerprint density at radius 2 is 1.74 bits per heavy atom. The SMILES string of the molecule is COc1ccc(CN(C)C(=O)c2ccc(NS(=O)(=O)c3ccc4[nH]c(=O)[nH]c4c3)cc2)cc1F. The number of methoxy groups -OCH3 is 1. The summed E-state index contributed by atoms with van der Waals surface area (Å²) < 4.78 is 46.7. The molecule has 11 heteroatoms. The predicted octanol–water partition coefficient (Wildman–Crippen LogP) is 3.08. The molecule has 0 aliphatic rings. The summed E-state index contributed by atoms with van der Waals surface area (Å²) in [4.78, 5) is 30.6. The summed E-state index contributed by atoms with van der Waals surface area (Å²) >= 11 is 0. The maximum atomic E-state index is 13.9. The second-order valence-electron chi connectivity index (χ2n) is 7.60. The molecule has 1 heterocycles. The molecule has 34 heavy (non-hydrogen) atoms. The Morgan fingerprint density at radius 1 is 1.03 bits per heavy atom. The highest BCUT2D eigenvalue weighted by Gasteiger charge is 2.17. The van der Waals surface area contributed by atoms with Gasteiger partial charge in [0.15, 0.2) is 11.6 Å². The third-order valence-electron chi connectivity index (χ3n) is 5.16. The molecule has 0 radical (unpaired) electrons. The van der Waals surface area contributed by atoms with Crippen molar-refractivity contribution in [3.8, 4) is 5.75 Å². The van der Waals surface area contributed by atoms with Gasteiger partial charge >= 0.3 is 5.69 Å². The number of carbonyl (C=O) groups excluding carboxylic acids is 1. The number of halogens is 1. The van der Waals surface area contributed by atoms with Crippen molar-refractivity contribution >= 4 is 32.7 Å². The number of ether oxygens (including phenoxy) is 1. The van der Waals surface area contributed by atoms with E-state index >= 15 is 0 Å². The number of H-pyrrole nitrogens is 2. The first kappa shape index (κ1) is 23.1. The standard InChI is InChI=1S/C23H21FN4O5S/c1-28(13-14-3-10-21(33-2)18(24)11-14)22(29)15-4-6-16(7-5-15)27-34(31,32)17-8-9-19-20(12-17)26-23(30)25-19/h3-12,27H,13H2,1-2H3,(H2,25,26,30). The monoisotopic (exact) mass is 484 g/mol. The van der Waals surface area contributed by atoms with E-state index in [4.69, 9.17) is 4.74 Å². The average molecular weight is 485 g/mol. The van der Waals surface area contributed by atoms with E-state index in [0.29, 0.717) is 22.2 Å². The van der Waals surface area contributed by atoms with Gasteiger partial charge in [-0.05, 0) is 60.2 Å². The molecule has 3 N–H and O–H groups in total. The lowest BCUT2D eigenvalue weighted by Gasteiger charge is -2.18. The summed E-state index contributed by atoms with van der Waals surface area (Å²) in [5.74, 6) is -0.705. The molecule has 3 aromatic carbocycles. The highest BCUT2D eigenvalue weighted by Crippen LogP contribution is 2.21. The molecule has 1 aromatic heterocycles. The molecular weight excluding hydrogens is 463 g/mol. The number of sulfonamides is 1. The lowest BCUT2D eigenvalue weighted by molar-refractivity contribution is 0.0785. The van der Waals surface area contributed by atoms with E-state index in [2.05, 4.69) is 14.7 Å². The summed E-state index contributed by atoms with van der Waals surface area (Å²) in [5, 5.41) is 0. The molecule has 0 aliphatic heterocycles. The lowest BCUT2D eigenvalue weighted by Crippen LogP contribution is -2.26. The van der Waals surface area contributed by atoms with Crippen LogP contribution in [-0.2, 0) is 16.6 Å². The normalized spacial score (nSPS) is 11.4. The molecule has 0 atom stereocenters. The minimum atomic E-state index is -3.92. The number of fused-ring (bicyclic) bond motifs is 1. The van der Waals surface area contributed by atoms with Crippen molar-refractivity contribution in [3.63, 3.8) is 0 Å². The fraction of sp³-hybridized carbons (Fsp3) is 0.130. The van der Waals surface area contributed by atoms with E-state index in [1.165, 1.54) is 66.6 Å². The third kappa shape index (κ3) is 4.79. The number of aromatic nitrogens is 2. The van der Waals surface area contributed by atoms with Gasteiger partial charge in [0.25, 0.3) is 15.9 Å². The number of nitrogens with one attached hydrogen (secondary N) is 3. The average Bonchev–Trinajstić information content (AvgIpc) is 3.18. The van der Waals surface area contributed by atoms with Crippen LogP contribution in [0.5, 0.6) is 5.75 Å². The van der Waals surface area contributed by atoms with Gasteiger partial charge in [-0.25, -0.2) is 17.6 Å². The topological polar surface area (TPSA) is 124 Å². The number of rotatable bonds is 7. The van der Waals surface area contributed by atoms with Crippen molar-refractivity contribution in [1.29, 1.82) is 0 Å². The number of anilines is 1. The fourth-order valence-electron chi connectivity index (χ4n) is 3.45. The Kier molecular flexibility index (Phi) is 6.12. The summed E-state index contributed by atoms with van der Waals surface area (Å²) in [6, 6.07) is 14.6.